The average molecular weight is 462 g/mol. The molecule has 1 unspecified atom stereocenters. The number of thioether (sulfide) groups is 1. The van der Waals surface area contributed by atoms with Gasteiger partial charge in [-0.3, -0.25) is 4.79 Å². The summed E-state index contributed by atoms with van der Waals surface area (Å²) in [4.78, 5) is 26.0. The Labute approximate surface area is 186 Å². The highest BCUT2D eigenvalue weighted by atomic mass is 32.2. The quantitative estimate of drug-likeness (QED) is 0.424. The van der Waals surface area contributed by atoms with E-state index >= 15 is 0 Å². The molecule has 0 aliphatic heterocycles. The summed E-state index contributed by atoms with van der Waals surface area (Å²) >= 11 is 2.52. The van der Waals surface area contributed by atoms with Gasteiger partial charge in [0.25, 0.3) is 5.22 Å². The molecule has 1 aromatic carbocycles. The number of carbonyl (C=O) groups excluding carboxylic acids is 2. The number of halogens is 1. The van der Waals surface area contributed by atoms with Crippen LogP contribution in [0.1, 0.15) is 34.1 Å². The highest BCUT2D eigenvalue weighted by molar-refractivity contribution is 7.99. The number of benzene rings is 1. The predicted octanol–water partition coefficient (Wildman–Crippen LogP) is 4.58. The van der Waals surface area contributed by atoms with Crippen molar-refractivity contribution in [3.8, 4) is 11.5 Å². The lowest BCUT2D eigenvalue weighted by Crippen LogP contribution is -2.17. The minimum Gasteiger partial charge on any atom is -0.465 e. The van der Waals surface area contributed by atoms with E-state index < -0.39 is 5.97 Å². The van der Waals surface area contributed by atoms with Crippen LogP contribution in [-0.2, 0) is 22.4 Å². The number of hydrogen-bond acceptors (Lipinski definition) is 8. The van der Waals surface area contributed by atoms with E-state index in [0.717, 1.165) is 41.5 Å². The number of rotatable bonds is 6. The Morgan fingerprint density at radius 3 is 2.84 bits per heavy atom. The second kappa shape index (κ2) is 9.19. The molecule has 0 saturated carbocycles. The van der Waals surface area contributed by atoms with Crippen LogP contribution in [0.25, 0.3) is 11.5 Å². The van der Waals surface area contributed by atoms with Crippen molar-refractivity contribution in [1.29, 1.82) is 0 Å². The number of esters is 1. The average Bonchev–Trinajstić information content (AvgIpc) is 3.36. The lowest BCUT2D eigenvalue weighted by atomic mass is 9.88. The van der Waals surface area contributed by atoms with Gasteiger partial charge in [0, 0.05) is 10.4 Å². The van der Waals surface area contributed by atoms with Crippen molar-refractivity contribution in [2.45, 2.75) is 31.4 Å². The molecule has 162 valence electrons. The van der Waals surface area contributed by atoms with Crippen molar-refractivity contribution in [3.05, 3.63) is 46.1 Å². The van der Waals surface area contributed by atoms with Gasteiger partial charge in [-0.05, 0) is 55.0 Å². The smallest absolute Gasteiger partial charge is 0.341 e. The summed E-state index contributed by atoms with van der Waals surface area (Å²) < 4.78 is 23.5. The summed E-state index contributed by atoms with van der Waals surface area (Å²) in [5, 5.41) is 11.4. The Balaban J connectivity index is 1.42. The first-order valence-corrected chi connectivity index (χ1v) is 11.5. The van der Waals surface area contributed by atoms with E-state index in [1.165, 1.54) is 42.7 Å². The molecule has 2 heterocycles. The normalized spacial score (nSPS) is 15.4. The van der Waals surface area contributed by atoms with Gasteiger partial charge in [-0.15, -0.1) is 21.5 Å². The van der Waals surface area contributed by atoms with Crippen molar-refractivity contribution >= 4 is 40.0 Å². The number of nitrogens with zero attached hydrogens (tertiary/aromatic N) is 2. The molecule has 2 aromatic heterocycles. The first kappa shape index (κ1) is 21.5. The summed E-state index contributed by atoms with van der Waals surface area (Å²) in [5.41, 5.74) is 2.04. The first-order valence-electron chi connectivity index (χ1n) is 9.69. The zero-order valence-electron chi connectivity index (χ0n) is 16.9. The van der Waals surface area contributed by atoms with Crippen LogP contribution in [0.15, 0.2) is 33.9 Å². The second-order valence-corrected chi connectivity index (χ2v) is 9.30. The van der Waals surface area contributed by atoms with Gasteiger partial charge in [-0.1, -0.05) is 18.7 Å². The maximum Gasteiger partial charge on any atom is 0.341 e. The molecule has 0 bridgehead atoms. The van der Waals surface area contributed by atoms with Gasteiger partial charge in [-0.25, -0.2) is 9.18 Å². The molecule has 31 heavy (non-hydrogen) atoms. The monoisotopic (exact) mass is 461 g/mol. The number of carbonyl (C=O) groups is 2. The van der Waals surface area contributed by atoms with E-state index in [4.69, 9.17) is 9.15 Å². The van der Waals surface area contributed by atoms with Gasteiger partial charge in [0.05, 0.1) is 18.4 Å². The SMILES string of the molecule is COC(=O)c1c(NC(=O)CSc2nnc(-c3ccc(F)cc3)o2)sc2c1CCC(C)C2. The van der Waals surface area contributed by atoms with Gasteiger partial charge in [-0.2, -0.15) is 0 Å². The third-order valence-electron chi connectivity index (χ3n) is 4.98. The maximum atomic E-state index is 13.0. The number of aromatic nitrogens is 2. The van der Waals surface area contributed by atoms with Crippen molar-refractivity contribution in [1.82, 2.24) is 10.2 Å². The molecule has 0 saturated heterocycles. The van der Waals surface area contributed by atoms with E-state index in [9.17, 15) is 14.0 Å². The number of amides is 1. The molecule has 1 atom stereocenters. The Morgan fingerprint density at radius 2 is 2.10 bits per heavy atom. The number of anilines is 1. The van der Waals surface area contributed by atoms with Crippen molar-refractivity contribution in [2.75, 3.05) is 18.2 Å². The standard InChI is InChI=1S/C21H20FN3O4S2/c1-11-3-8-14-15(9-11)31-19(17(14)20(27)28-2)23-16(26)10-30-21-25-24-18(29-21)12-4-6-13(22)7-5-12/h4-7,11H,3,8-10H2,1-2H3,(H,23,26). The zero-order valence-corrected chi connectivity index (χ0v) is 18.6. The highest BCUT2D eigenvalue weighted by Gasteiger charge is 2.29. The Bertz CT molecular complexity index is 1110. The number of fused-ring (bicyclic) bond motifs is 1. The van der Waals surface area contributed by atoms with E-state index in [1.807, 2.05) is 0 Å². The van der Waals surface area contributed by atoms with E-state index in [-0.39, 0.29) is 28.6 Å². The van der Waals surface area contributed by atoms with Crippen molar-refractivity contribution in [2.24, 2.45) is 5.92 Å². The van der Waals surface area contributed by atoms with Crippen molar-refractivity contribution < 1.29 is 23.1 Å². The molecule has 1 amide bonds. The molecule has 0 spiro atoms. The van der Waals surface area contributed by atoms with Gasteiger partial charge in [0.15, 0.2) is 0 Å². The lowest BCUT2D eigenvalue weighted by Gasteiger charge is -2.18. The minimum atomic E-state index is -0.434. The molecule has 1 aliphatic carbocycles. The summed E-state index contributed by atoms with van der Waals surface area (Å²) in [6, 6.07) is 5.69. The van der Waals surface area contributed by atoms with Crippen LogP contribution in [-0.4, -0.2) is 34.9 Å². The number of ether oxygens (including phenoxy) is 1. The molecule has 3 aromatic rings. The van der Waals surface area contributed by atoms with Crippen LogP contribution >= 0.6 is 23.1 Å². The van der Waals surface area contributed by atoms with Crippen LogP contribution in [0.4, 0.5) is 9.39 Å². The molecule has 0 fully saturated rings. The maximum absolute atomic E-state index is 13.0. The van der Waals surface area contributed by atoms with E-state index in [1.54, 1.807) is 0 Å². The predicted molar refractivity (Wildman–Crippen MR) is 116 cm³/mol. The largest absolute Gasteiger partial charge is 0.465 e. The fraction of sp³-hybridized carbons (Fsp3) is 0.333. The molecule has 1 aliphatic rings. The molecular weight excluding hydrogens is 441 g/mol. The van der Waals surface area contributed by atoms with E-state index in [0.29, 0.717) is 22.0 Å². The highest BCUT2D eigenvalue weighted by Crippen LogP contribution is 2.40. The summed E-state index contributed by atoms with van der Waals surface area (Å²) in [6.07, 6.45) is 2.70. The first-order chi connectivity index (χ1) is 14.9. The van der Waals surface area contributed by atoms with Gasteiger partial charge in [0.2, 0.25) is 11.8 Å². The zero-order chi connectivity index (χ0) is 22.0. The van der Waals surface area contributed by atoms with Crippen LogP contribution in [0.3, 0.4) is 0 Å². The fourth-order valence-electron chi connectivity index (χ4n) is 3.42. The van der Waals surface area contributed by atoms with Gasteiger partial charge in [0.1, 0.15) is 10.8 Å². The summed E-state index contributed by atoms with van der Waals surface area (Å²) in [6.45, 7) is 2.18. The van der Waals surface area contributed by atoms with Crippen LogP contribution in [0, 0.1) is 11.7 Å². The van der Waals surface area contributed by atoms with Crippen LogP contribution in [0.2, 0.25) is 0 Å². The van der Waals surface area contributed by atoms with Gasteiger partial charge < -0.3 is 14.5 Å². The third-order valence-corrected chi connectivity index (χ3v) is 6.97. The van der Waals surface area contributed by atoms with Crippen LogP contribution < -0.4 is 5.32 Å². The summed E-state index contributed by atoms with van der Waals surface area (Å²) in [5.74, 6) is -0.255. The number of hydrogen-bond donors (Lipinski definition) is 1. The second-order valence-electron chi connectivity index (χ2n) is 7.26. The Morgan fingerprint density at radius 1 is 1.32 bits per heavy atom. The molecule has 4 rings (SSSR count). The molecule has 1 N–H and O–H groups in total. The number of nitrogens with one attached hydrogen (secondary N) is 1. The molecule has 0 radical (unpaired) electrons. The third kappa shape index (κ3) is 4.80. The minimum absolute atomic E-state index is 0.0324. The topological polar surface area (TPSA) is 94.3 Å². The van der Waals surface area contributed by atoms with Gasteiger partial charge >= 0.3 is 5.97 Å². The van der Waals surface area contributed by atoms with E-state index in [2.05, 4.69) is 22.4 Å². The fourth-order valence-corrected chi connectivity index (χ4v) is 5.40. The molecular formula is C21H20FN3O4S2. The Kier molecular flexibility index (Phi) is 6.38. The van der Waals surface area contributed by atoms with Crippen molar-refractivity contribution in [3.63, 3.8) is 0 Å². The number of thiophene rings is 1. The number of methoxy groups -OCH3 is 1. The lowest BCUT2D eigenvalue weighted by molar-refractivity contribution is -0.113. The molecule has 7 nitrogen and oxygen atoms in total. The van der Waals surface area contributed by atoms with Crippen LogP contribution in [0.5, 0.6) is 0 Å². The summed E-state index contributed by atoms with van der Waals surface area (Å²) in [7, 11) is 1.34. The Hall–Kier alpha value is -2.72. The molecule has 10 heteroatoms.